The van der Waals surface area contributed by atoms with Crippen molar-refractivity contribution in [3.63, 3.8) is 0 Å². The molecule has 0 fully saturated rings. The van der Waals surface area contributed by atoms with E-state index in [1.54, 1.807) is 25.9 Å². The third-order valence-electron chi connectivity index (χ3n) is 3.21. The molecule has 0 aliphatic rings. The molecule has 0 saturated carbocycles. The fourth-order valence-electron chi connectivity index (χ4n) is 1.72. The Morgan fingerprint density at radius 2 is 2.10 bits per heavy atom. The molecule has 1 N–H and O–H groups in total. The van der Waals surface area contributed by atoms with Crippen molar-refractivity contribution >= 4 is 17.7 Å². The molecule has 0 aliphatic heterocycles. The van der Waals surface area contributed by atoms with Gasteiger partial charge in [-0.3, -0.25) is 4.79 Å². The van der Waals surface area contributed by atoms with Crippen LogP contribution in [-0.4, -0.2) is 38.0 Å². The zero-order valence-electron chi connectivity index (χ0n) is 12.6. The van der Waals surface area contributed by atoms with Gasteiger partial charge in [0.05, 0.1) is 13.7 Å². The van der Waals surface area contributed by atoms with Gasteiger partial charge in [0.25, 0.3) is 0 Å². The summed E-state index contributed by atoms with van der Waals surface area (Å²) in [5, 5.41) is 3.06. The van der Waals surface area contributed by atoms with Crippen molar-refractivity contribution < 1.29 is 14.3 Å². The van der Waals surface area contributed by atoms with Crippen LogP contribution in [0.3, 0.4) is 0 Å². The van der Waals surface area contributed by atoms with Gasteiger partial charge in [0.15, 0.2) is 0 Å². The molecule has 112 valence electrons. The number of hydrogen-bond acceptors (Lipinski definition) is 5. The van der Waals surface area contributed by atoms with E-state index in [9.17, 15) is 4.79 Å². The molecule has 0 bridgehead atoms. The van der Waals surface area contributed by atoms with Crippen LogP contribution in [0.4, 0.5) is 0 Å². The van der Waals surface area contributed by atoms with Crippen molar-refractivity contribution in [3.8, 4) is 5.75 Å². The van der Waals surface area contributed by atoms with Crippen molar-refractivity contribution in [2.45, 2.75) is 30.7 Å². The Bertz CT molecular complexity index is 439. The molecule has 0 amide bonds. The number of methoxy groups -OCH3 is 1. The number of benzene rings is 1. The van der Waals surface area contributed by atoms with Crippen LogP contribution in [-0.2, 0) is 9.53 Å². The molecule has 0 spiro atoms. The van der Waals surface area contributed by atoms with E-state index in [4.69, 9.17) is 9.47 Å². The molecule has 0 aromatic heterocycles. The SMILES string of the molecule is CCOC(=O)C(C)(CCSc1ccccc1OC)NC. The summed E-state index contributed by atoms with van der Waals surface area (Å²) >= 11 is 1.68. The van der Waals surface area contributed by atoms with E-state index in [0.717, 1.165) is 16.4 Å². The lowest BCUT2D eigenvalue weighted by Crippen LogP contribution is -2.49. The second-order valence-corrected chi connectivity index (χ2v) is 5.69. The van der Waals surface area contributed by atoms with E-state index in [2.05, 4.69) is 5.32 Å². The first-order valence-corrected chi connectivity index (χ1v) is 7.68. The molecule has 0 radical (unpaired) electrons. The molecule has 1 rings (SSSR count). The van der Waals surface area contributed by atoms with Crippen LogP contribution in [0.1, 0.15) is 20.3 Å². The molecule has 5 heteroatoms. The monoisotopic (exact) mass is 297 g/mol. The van der Waals surface area contributed by atoms with Crippen LogP contribution in [0.15, 0.2) is 29.2 Å². The number of thioether (sulfide) groups is 1. The van der Waals surface area contributed by atoms with Crippen LogP contribution in [0, 0.1) is 0 Å². The first-order valence-electron chi connectivity index (χ1n) is 6.69. The van der Waals surface area contributed by atoms with Gasteiger partial charge in [-0.2, -0.15) is 0 Å². The van der Waals surface area contributed by atoms with Gasteiger partial charge >= 0.3 is 5.97 Å². The molecular formula is C15H23NO3S. The van der Waals surface area contributed by atoms with E-state index >= 15 is 0 Å². The summed E-state index contributed by atoms with van der Waals surface area (Å²) in [7, 11) is 3.44. The summed E-state index contributed by atoms with van der Waals surface area (Å²) in [5.41, 5.74) is -0.648. The van der Waals surface area contributed by atoms with Crippen LogP contribution < -0.4 is 10.1 Å². The number of para-hydroxylation sites is 1. The topological polar surface area (TPSA) is 47.6 Å². The molecule has 1 aromatic carbocycles. The fraction of sp³-hybridized carbons (Fsp3) is 0.533. The van der Waals surface area contributed by atoms with Gasteiger partial charge in [-0.15, -0.1) is 11.8 Å². The van der Waals surface area contributed by atoms with Gasteiger partial charge in [-0.05, 0) is 39.4 Å². The van der Waals surface area contributed by atoms with Crippen molar-refractivity contribution in [2.24, 2.45) is 0 Å². The number of nitrogens with one attached hydrogen (secondary N) is 1. The van der Waals surface area contributed by atoms with Crippen LogP contribution in [0.5, 0.6) is 5.75 Å². The molecule has 1 unspecified atom stereocenters. The second kappa shape index (κ2) is 8.17. The smallest absolute Gasteiger partial charge is 0.326 e. The lowest BCUT2D eigenvalue weighted by Gasteiger charge is -2.26. The van der Waals surface area contributed by atoms with Crippen molar-refractivity contribution in [2.75, 3.05) is 26.5 Å². The summed E-state index contributed by atoms with van der Waals surface area (Å²) in [6.45, 7) is 4.08. The van der Waals surface area contributed by atoms with Gasteiger partial charge in [0.1, 0.15) is 11.3 Å². The Kier molecular flexibility index (Phi) is 6.88. The zero-order valence-corrected chi connectivity index (χ0v) is 13.4. The largest absolute Gasteiger partial charge is 0.496 e. The van der Waals surface area contributed by atoms with Crippen LogP contribution >= 0.6 is 11.8 Å². The molecule has 0 aliphatic carbocycles. The van der Waals surface area contributed by atoms with E-state index < -0.39 is 5.54 Å². The van der Waals surface area contributed by atoms with E-state index in [-0.39, 0.29) is 5.97 Å². The molecule has 1 aromatic rings. The maximum Gasteiger partial charge on any atom is 0.326 e. The van der Waals surface area contributed by atoms with Crippen molar-refractivity contribution in [1.29, 1.82) is 0 Å². The number of esters is 1. The standard InChI is InChI=1S/C15H23NO3S/c1-5-19-14(17)15(2,16-3)10-11-20-13-9-7-6-8-12(13)18-4/h6-9,16H,5,10-11H2,1-4H3. The van der Waals surface area contributed by atoms with Crippen LogP contribution in [0.25, 0.3) is 0 Å². The van der Waals surface area contributed by atoms with Gasteiger partial charge in [0.2, 0.25) is 0 Å². The minimum Gasteiger partial charge on any atom is -0.496 e. The minimum absolute atomic E-state index is 0.205. The predicted molar refractivity (Wildman–Crippen MR) is 82.4 cm³/mol. The average Bonchev–Trinajstić information content (AvgIpc) is 2.47. The molecule has 20 heavy (non-hydrogen) atoms. The first-order chi connectivity index (χ1) is 9.57. The first kappa shape index (κ1) is 16.9. The summed E-state index contributed by atoms with van der Waals surface area (Å²) in [4.78, 5) is 13.0. The minimum atomic E-state index is -0.648. The Balaban J connectivity index is 2.59. The van der Waals surface area contributed by atoms with Gasteiger partial charge < -0.3 is 14.8 Å². The molecule has 4 nitrogen and oxygen atoms in total. The molecule has 0 saturated heterocycles. The Morgan fingerprint density at radius 3 is 2.70 bits per heavy atom. The number of hydrogen-bond donors (Lipinski definition) is 1. The normalized spacial score (nSPS) is 13.6. The number of ether oxygens (including phenoxy) is 2. The average molecular weight is 297 g/mol. The summed E-state index contributed by atoms with van der Waals surface area (Å²) < 4.78 is 10.4. The molecule has 1 atom stereocenters. The van der Waals surface area contributed by atoms with E-state index in [1.807, 2.05) is 38.1 Å². The highest BCUT2D eigenvalue weighted by molar-refractivity contribution is 7.99. The zero-order chi connectivity index (χ0) is 15.0. The Labute approximate surface area is 125 Å². The highest BCUT2D eigenvalue weighted by Gasteiger charge is 2.32. The summed E-state index contributed by atoms with van der Waals surface area (Å²) in [5.74, 6) is 1.46. The van der Waals surface area contributed by atoms with Gasteiger partial charge in [0, 0.05) is 10.6 Å². The quantitative estimate of drug-likeness (QED) is 0.590. The van der Waals surface area contributed by atoms with E-state index in [1.165, 1.54) is 0 Å². The van der Waals surface area contributed by atoms with Crippen molar-refractivity contribution in [1.82, 2.24) is 5.32 Å². The molecule has 0 heterocycles. The lowest BCUT2D eigenvalue weighted by molar-refractivity contribution is -0.150. The Morgan fingerprint density at radius 1 is 1.40 bits per heavy atom. The maximum atomic E-state index is 11.9. The third kappa shape index (κ3) is 4.42. The summed E-state index contributed by atoms with van der Waals surface area (Å²) in [6, 6.07) is 7.88. The van der Waals surface area contributed by atoms with E-state index in [0.29, 0.717) is 13.0 Å². The highest BCUT2D eigenvalue weighted by Crippen LogP contribution is 2.30. The number of rotatable bonds is 8. The molecular weight excluding hydrogens is 274 g/mol. The van der Waals surface area contributed by atoms with Gasteiger partial charge in [-0.1, -0.05) is 12.1 Å². The second-order valence-electron chi connectivity index (χ2n) is 4.55. The number of likely N-dealkylation sites (N-methyl/N-ethyl adjacent to an activating group) is 1. The highest BCUT2D eigenvalue weighted by atomic mass is 32.2. The number of carbonyl (C=O) groups excluding carboxylic acids is 1. The van der Waals surface area contributed by atoms with Crippen molar-refractivity contribution in [3.05, 3.63) is 24.3 Å². The predicted octanol–water partition coefficient (Wildman–Crippen LogP) is 2.72. The Hall–Kier alpha value is -1.20. The fourth-order valence-corrected chi connectivity index (χ4v) is 2.92. The third-order valence-corrected chi connectivity index (χ3v) is 4.26. The summed E-state index contributed by atoms with van der Waals surface area (Å²) in [6.07, 6.45) is 0.686. The van der Waals surface area contributed by atoms with Gasteiger partial charge in [-0.25, -0.2) is 0 Å². The number of carbonyl (C=O) groups is 1. The van der Waals surface area contributed by atoms with Crippen LogP contribution in [0.2, 0.25) is 0 Å². The lowest BCUT2D eigenvalue weighted by atomic mass is 10.00. The maximum absolute atomic E-state index is 11.9.